The van der Waals surface area contributed by atoms with Crippen LogP contribution in [0, 0.1) is 12.3 Å². The lowest BCUT2D eigenvalue weighted by Crippen LogP contribution is -2.06. The van der Waals surface area contributed by atoms with Crippen LogP contribution >= 0.6 is 0 Å². The molecule has 0 aromatic carbocycles. The first-order valence-electron chi connectivity index (χ1n) is 6.60. The summed E-state index contributed by atoms with van der Waals surface area (Å²) in [5, 5.41) is 0. The Morgan fingerprint density at radius 2 is 1.94 bits per heavy atom. The average Bonchev–Trinajstić information content (AvgIpc) is 2.92. The summed E-state index contributed by atoms with van der Waals surface area (Å²) < 4.78 is 2.06. The lowest BCUT2D eigenvalue weighted by Gasteiger charge is -2.07. The molecule has 17 heavy (non-hydrogen) atoms. The molecule has 2 saturated carbocycles. The van der Waals surface area contributed by atoms with E-state index in [2.05, 4.69) is 10.5 Å². The monoisotopic (exact) mass is 229 g/mol. The Morgan fingerprint density at radius 1 is 1.24 bits per heavy atom. The van der Waals surface area contributed by atoms with Crippen molar-refractivity contribution in [1.82, 2.24) is 9.55 Å². The molecule has 3 rings (SSSR count). The van der Waals surface area contributed by atoms with Crippen LogP contribution in [0.2, 0.25) is 0 Å². The zero-order valence-corrected chi connectivity index (χ0v) is 10.2. The molecular formula is C14H19N3. The molecule has 0 spiro atoms. The number of nitrogen functional groups attached to an aromatic ring is 1. The Bertz CT molecular complexity index is 457. The van der Waals surface area contributed by atoms with Gasteiger partial charge in [-0.2, -0.15) is 0 Å². The van der Waals surface area contributed by atoms with Gasteiger partial charge in [0.25, 0.3) is 0 Å². The van der Waals surface area contributed by atoms with E-state index >= 15 is 0 Å². The Hall–Kier alpha value is -1.43. The fourth-order valence-corrected chi connectivity index (χ4v) is 2.91. The fourth-order valence-electron chi connectivity index (χ4n) is 2.91. The molecule has 3 nitrogen and oxygen atoms in total. The van der Waals surface area contributed by atoms with Crippen LogP contribution in [0.5, 0.6) is 0 Å². The minimum atomic E-state index is 0.567. The van der Waals surface area contributed by atoms with Gasteiger partial charge >= 0.3 is 0 Å². The lowest BCUT2D eigenvalue weighted by molar-refractivity contribution is 0.701. The molecule has 2 fully saturated rings. The first kappa shape index (κ1) is 10.7. The first-order chi connectivity index (χ1) is 8.31. The highest BCUT2D eigenvalue weighted by Gasteiger charge is 2.32. The van der Waals surface area contributed by atoms with Gasteiger partial charge in [-0.05, 0) is 25.7 Å². The highest BCUT2D eigenvalue weighted by Crippen LogP contribution is 2.43. The Morgan fingerprint density at radius 3 is 2.53 bits per heavy atom. The van der Waals surface area contributed by atoms with Crippen molar-refractivity contribution in [1.29, 1.82) is 0 Å². The highest BCUT2D eigenvalue weighted by atomic mass is 15.1. The summed E-state index contributed by atoms with van der Waals surface area (Å²) >= 11 is 0. The molecule has 0 bridgehead atoms. The van der Waals surface area contributed by atoms with Crippen molar-refractivity contribution in [3.63, 3.8) is 0 Å². The zero-order valence-electron chi connectivity index (χ0n) is 10.2. The number of nitrogens with zero attached hydrogens (tertiary/aromatic N) is 2. The van der Waals surface area contributed by atoms with E-state index in [9.17, 15) is 0 Å². The number of hydrogen-bond donors (Lipinski definition) is 1. The second kappa shape index (κ2) is 4.10. The summed E-state index contributed by atoms with van der Waals surface area (Å²) in [5.74, 6) is 5.85. The number of imidazole rings is 1. The maximum atomic E-state index is 6.24. The average molecular weight is 229 g/mol. The smallest absolute Gasteiger partial charge is 0.127 e. The van der Waals surface area contributed by atoms with Crippen LogP contribution in [0.25, 0.3) is 0 Å². The maximum absolute atomic E-state index is 6.24. The largest absolute Gasteiger partial charge is 0.384 e. The van der Waals surface area contributed by atoms with Crippen molar-refractivity contribution in [2.24, 2.45) is 0 Å². The molecule has 1 aromatic heterocycles. The number of hydrogen-bond acceptors (Lipinski definition) is 2. The van der Waals surface area contributed by atoms with Gasteiger partial charge in [-0.1, -0.05) is 18.8 Å². The van der Waals surface area contributed by atoms with Gasteiger partial charge in [0.2, 0.25) is 0 Å². The van der Waals surface area contributed by atoms with Crippen molar-refractivity contribution >= 4 is 5.82 Å². The summed E-state index contributed by atoms with van der Waals surface area (Å²) in [4.78, 5) is 4.81. The number of aromatic nitrogens is 2. The molecule has 2 aliphatic carbocycles. The van der Waals surface area contributed by atoms with Crippen molar-refractivity contribution in [3.05, 3.63) is 11.5 Å². The minimum Gasteiger partial charge on any atom is -0.384 e. The fraction of sp³-hybridized carbons (Fsp3) is 0.643. The Balaban J connectivity index is 1.98. The Labute approximate surface area is 102 Å². The van der Waals surface area contributed by atoms with Gasteiger partial charge in [-0.25, -0.2) is 4.98 Å². The van der Waals surface area contributed by atoms with Crippen LogP contribution in [0.4, 0.5) is 5.82 Å². The molecule has 0 radical (unpaired) electrons. The topological polar surface area (TPSA) is 43.8 Å². The lowest BCUT2D eigenvalue weighted by atomic mass is 10.0. The molecule has 3 heteroatoms. The van der Waals surface area contributed by atoms with E-state index in [-0.39, 0.29) is 0 Å². The number of rotatable bonds is 3. The van der Waals surface area contributed by atoms with Crippen molar-refractivity contribution in [3.8, 4) is 12.3 Å². The maximum Gasteiger partial charge on any atom is 0.127 e. The first-order valence-corrected chi connectivity index (χ1v) is 6.60. The summed E-state index contributed by atoms with van der Waals surface area (Å²) in [7, 11) is 0. The molecule has 2 N–H and O–H groups in total. The molecule has 0 saturated heterocycles. The normalized spacial score (nSPS) is 20.6. The van der Waals surface area contributed by atoms with Crippen LogP contribution in [0.3, 0.4) is 0 Å². The Kier molecular flexibility index (Phi) is 2.58. The summed E-state index contributed by atoms with van der Waals surface area (Å²) in [5.41, 5.74) is 7.37. The van der Waals surface area contributed by atoms with Crippen LogP contribution in [0.15, 0.2) is 0 Å². The molecule has 1 aromatic rings. The van der Waals surface area contributed by atoms with Crippen LogP contribution in [0.1, 0.15) is 61.9 Å². The van der Waals surface area contributed by atoms with E-state index in [1.807, 2.05) is 0 Å². The molecule has 90 valence electrons. The predicted molar refractivity (Wildman–Crippen MR) is 68.7 cm³/mol. The molecule has 0 aliphatic heterocycles. The molecule has 0 unspecified atom stereocenters. The van der Waals surface area contributed by atoms with Crippen molar-refractivity contribution in [2.75, 3.05) is 5.73 Å². The van der Waals surface area contributed by atoms with Crippen LogP contribution < -0.4 is 5.73 Å². The van der Waals surface area contributed by atoms with Crippen molar-refractivity contribution in [2.45, 2.75) is 56.9 Å². The quantitative estimate of drug-likeness (QED) is 0.810. The summed E-state index contributed by atoms with van der Waals surface area (Å²) in [6.07, 6.45) is 13.0. The minimum absolute atomic E-state index is 0.567. The number of anilines is 1. The third-order valence-corrected chi connectivity index (χ3v) is 4.00. The van der Waals surface area contributed by atoms with E-state index in [4.69, 9.17) is 17.1 Å². The SMILES string of the molecule is C#CCn1c(C2CC2)nc(C2CCCC2)c1N. The van der Waals surface area contributed by atoms with E-state index in [1.54, 1.807) is 0 Å². The van der Waals surface area contributed by atoms with E-state index in [0.29, 0.717) is 18.4 Å². The zero-order chi connectivity index (χ0) is 11.8. The molecule has 0 amide bonds. The van der Waals surface area contributed by atoms with E-state index in [0.717, 1.165) is 17.3 Å². The van der Waals surface area contributed by atoms with Gasteiger partial charge in [0.05, 0.1) is 12.2 Å². The van der Waals surface area contributed by atoms with Crippen LogP contribution in [-0.4, -0.2) is 9.55 Å². The van der Waals surface area contributed by atoms with Crippen molar-refractivity contribution < 1.29 is 0 Å². The van der Waals surface area contributed by atoms with Gasteiger partial charge in [0.15, 0.2) is 0 Å². The van der Waals surface area contributed by atoms with E-state index in [1.165, 1.54) is 38.5 Å². The number of nitrogens with two attached hydrogens (primary N) is 1. The molecule has 2 aliphatic rings. The highest BCUT2D eigenvalue weighted by molar-refractivity contribution is 5.43. The van der Waals surface area contributed by atoms with Gasteiger partial charge in [0, 0.05) is 11.8 Å². The molecular weight excluding hydrogens is 210 g/mol. The predicted octanol–water partition coefficient (Wildman–Crippen LogP) is 2.63. The molecule has 0 atom stereocenters. The number of terminal acetylenes is 1. The molecule has 1 heterocycles. The standard InChI is InChI=1S/C14H19N3/c1-2-9-17-13(15)12(10-5-3-4-6-10)16-14(17)11-7-8-11/h1,10-11H,3-9,15H2. The van der Waals surface area contributed by atoms with Gasteiger partial charge < -0.3 is 10.3 Å². The van der Waals surface area contributed by atoms with E-state index < -0.39 is 0 Å². The van der Waals surface area contributed by atoms with Gasteiger partial charge in [0.1, 0.15) is 11.6 Å². The third kappa shape index (κ3) is 1.82. The third-order valence-electron chi connectivity index (χ3n) is 4.00. The second-order valence-corrected chi connectivity index (χ2v) is 5.29. The second-order valence-electron chi connectivity index (χ2n) is 5.29. The summed E-state index contributed by atoms with van der Waals surface area (Å²) in [6.45, 7) is 0.567. The van der Waals surface area contributed by atoms with Crippen LogP contribution in [-0.2, 0) is 6.54 Å². The van der Waals surface area contributed by atoms with Gasteiger partial charge in [-0.3, -0.25) is 0 Å². The van der Waals surface area contributed by atoms with Gasteiger partial charge in [-0.15, -0.1) is 6.42 Å². The summed E-state index contributed by atoms with van der Waals surface area (Å²) in [6, 6.07) is 0.